The summed E-state index contributed by atoms with van der Waals surface area (Å²) < 4.78 is 0. The second-order valence-electron chi connectivity index (χ2n) is 7.44. The number of anilines is 1. The fraction of sp³-hybridized carbons (Fsp3) is 0. The van der Waals surface area contributed by atoms with Gasteiger partial charge in [0.25, 0.3) is 5.91 Å². The van der Waals surface area contributed by atoms with Crippen LogP contribution in [0.25, 0.3) is 0 Å². The fourth-order valence-corrected chi connectivity index (χ4v) is 4.99. The van der Waals surface area contributed by atoms with Crippen molar-refractivity contribution in [2.24, 2.45) is 0 Å². The Labute approximate surface area is 199 Å². The third kappa shape index (κ3) is 3.97. The van der Waals surface area contributed by atoms with Gasteiger partial charge in [-0.3, -0.25) is 14.4 Å². The first-order valence-electron chi connectivity index (χ1n) is 10.2. The minimum atomic E-state index is -0.415. The molecular weight excluding hydrogens is 454 g/mol. The van der Waals surface area contributed by atoms with Crippen molar-refractivity contribution in [3.05, 3.63) is 124 Å². The maximum atomic E-state index is 13.5. The Hall–Kier alpha value is -3.67. The molecule has 1 aliphatic carbocycles. The number of amides is 1. The summed E-state index contributed by atoms with van der Waals surface area (Å²) in [5.74, 6) is -0.947. The Morgan fingerprint density at radius 1 is 0.727 bits per heavy atom. The number of fused-ring (bicyclic) bond motifs is 2. The van der Waals surface area contributed by atoms with E-state index in [4.69, 9.17) is 11.6 Å². The van der Waals surface area contributed by atoms with Crippen molar-refractivity contribution in [1.82, 2.24) is 0 Å². The van der Waals surface area contributed by atoms with E-state index in [1.165, 1.54) is 11.8 Å². The van der Waals surface area contributed by atoms with Crippen LogP contribution in [0.5, 0.6) is 0 Å². The standard InChI is InChI=1S/C27H16ClNO3S/c28-17-8-6-7-16(15-17)27(32)29-21-13-14-22(33-18-9-2-1-3-10-18)24-23(21)25(30)19-11-4-5-12-20(19)26(24)31/h1-15H,(H,29,32). The third-order valence-electron chi connectivity index (χ3n) is 5.34. The molecule has 0 saturated heterocycles. The molecule has 6 heteroatoms. The normalized spacial score (nSPS) is 12.2. The third-order valence-corrected chi connectivity index (χ3v) is 6.65. The molecule has 160 valence electrons. The summed E-state index contributed by atoms with van der Waals surface area (Å²) in [6, 6.07) is 26.4. The highest BCUT2D eigenvalue weighted by Crippen LogP contribution is 2.40. The number of halogens is 1. The molecule has 0 unspecified atom stereocenters. The molecule has 0 atom stereocenters. The summed E-state index contributed by atoms with van der Waals surface area (Å²) in [6.45, 7) is 0. The molecule has 0 aliphatic heterocycles. The van der Waals surface area contributed by atoms with Gasteiger partial charge in [-0.2, -0.15) is 0 Å². The summed E-state index contributed by atoms with van der Waals surface area (Å²) in [4.78, 5) is 41.5. The van der Waals surface area contributed by atoms with E-state index >= 15 is 0 Å². The van der Waals surface area contributed by atoms with Crippen molar-refractivity contribution in [3.8, 4) is 0 Å². The van der Waals surface area contributed by atoms with Crippen LogP contribution in [-0.4, -0.2) is 17.5 Å². The molecule has 0 fully saturated rings. The molecule has 0 saturated carbocycles. The molecule has 1 N–H and O–H groups in total. The highest BCUT2D eigenvalue weighted by atomic mass is 35.5. The predicted molar refractivity (Wildman–Crippen MR) is 130 cm³/mol. The van der Waals surface area contributed by atoms with Crippen molar-refractivity contribution >= 4 is 46.5 Å². The van der Waals surface area contributed by atoms with Gasteiger partial charge in [-0.1, -0.05) is 71.9 Å². The van der Waals surface area contributed by atoms with E-state index in [0.717, 1.165) is 4.90 Å². The summed E-state index contributed by atoms with van der Waals surface area (Å²) in [5.41, 5.74) is 1.85. The van der Waals surface area contributed by atoms with Gasteiger partial charge in [0.2, 0.25) is 0 Å². The molecule has 0 heterocycles. The van der Waals surface area contributed by atoms with Gasteiger partial charge in [-0.15, -0.1) is 0 Å². The Morgan fingerprint density at radius 3 is 2.09 bits per heavy atom. The summed E-state index contributed by atoms with van der Waals surface area (Å²) in [7, 11) is 0. The summed E-state index contributed by atoms with van der Waals surface area (Å²) in [6.07, 6.45) is 0. The number of benzene rings is 4. The minimum Gasteiger partial charge on any atom is -0.321 e. The van der Waals surface area contributed by atoms with Crippen molar-refractivity contribution in [3.63, 3.8) is 0 Å². The van der Waals surface area contributed by atoms with Crippen molar-refractivity contribution in [2.45, 2.75) is 9.79 Å². The number of carbonyl (C=O) groups excluding carboxylic acids is 3. The van der Waals surface area contributed by atoms with Crippen LogP contribution in [0.15, 0.2) is 101 Å². The van der Waals surface area contributed by atoms with Gasteiger partial charge < -0.3 is 5.32 Å². The summed E-state index contributed by atoms with van der Waals surface area (Å²) >= 11 is 7.43. The second-order valence-corrected chi connectivity index (χ2v) is 9.00. The molecule has 1 aliphatic rings. The largest absolute Gasteiger partial charge is 0.321 e. The first-order chi connectivity index (χ1) is 16.0. The molecule has 1 amide bonds. The lowest BCUT2D eigenvalue weighted by molar-refractivity contribution is 0.0976. The van der Waals surface area contributed by atoms with Crippen LogP contribution < -0.4 is 5.32 Å². The highest BCUT2D eigenvalue weighted by Gasteiger charge is 2.34. The average Bonchev–Trinajstić information content (AvgIpc) is 2.84. The molecule has 0 radical (unpaired) electrons. The Balaban J connectivity index is 1.63. The van der Waals surface area contributed by atoms with Crippen LogP contribution in [0.2, 0.25) is 5.02 Å². The monoisotopic (exact) mass is 469 g/mol. The van der Waals surface area contributed by atoms with Gasteiger partial charge in [0.1, 0.15) is 0 Å². The van der Waals surface area contributed by atoms with Gasteiger partial charge >= 0.3 is 0 Å². The lowest BCUT2D eigenvalue weighted by atomic mass is 9.83. The van der Waals surface area contributed by atoms with Crippen LogP contribution in [0.1, 0.15) is 42.2 Å². The van der Waals surface area contributed by atoms with E-state index in [9.17, 15) is 14.4 Å². The van der Waals surface area contributed by atoms with Crippen molar-refractivity contribution < 1.29 is 14.4 Å². The number of rotatable bonds is 4. The SMILES string of the molecule is O=C(Nc1ccc(Sc2ccccc2)c2c1C(=O)c1ccccc1C2=O)c1cccc(Cl)c1. The Kier molecular flexibility index (Phi) is 5.58. The van der Waals surface area contributed by atoms with E-state index in [1.54, 1.807) is 60.7 Å². The first kappa shape index (κ1) is 21.2. The van der Waals surface area contributed by atoms with Gasteiger partial charge in [-0.05, 0) is 42.5 Å². The second kappa shape index (κ2) is 8.70. The van der Waals surface area contributed by atoms with Crippen LogP contribution in [-0.2, 0) is 0 Å². The van der Waals surface area contributed by atoms with E-state index < -0.39 is 5.91 Å². The number of ketones is 2. The van der Waals surface area contributed by atoms with E-state index in [1.807, 2.05) is 30.3 Å². The Bertz CT molecular complexity index is 1430. The van der Waals surface area contributed by atoms with Gasteiger partial charge in [0.05, 0.1) is 11.3 Å². The summed E-state index contributed by atoms with van der Waals surface area (Å²) in [5, 5.41) is 3.24. The fourth-order valence-electron chi connectivity index (χ4n) is 3.82. The predicted octanol–water partition coefficient (Wildman–Crippen LogP) is 6.52. The molecule has 4 nitrogen and oxygen atoms in total. The van der Waals surface area contributed by atoms with E-state index in [-0.39, 0.29) is 17.1 Å². The molecule has 5 rings (SSSR count). The first-order valence-corrected chi connectivity index (χ1v) is 11.4. The number of hydrogen-bond acceptors (Lipinski definition) is 4. The highest BCUT2D eigenvalue weighted by molar-refractivity contribution is 7.99. The van der Waals surface area contributed by atoms with E-state index in [2.05, 4.69) is 5.32 Å². The van der Waals surface area contributed by atoms with Crippen LogP contribution in [0, 0.1) is 0 Å². The van der Waals surface area contributed by atoms with Gasteiger partial charge in [0.15, 0.2) is 11.6 Å². The smallest absolute Gasteiger partial charge is 0.255 e. The molecule has 0 aromatic heterocycles. The van der Waals surface area contributed by atoms with Crippen molar-refractivity contribution in [2.75, 3.05) is 5.32 Å². The molecule has 4 aromatic carbocycles. The number of carbonyl (C=O) groups is 3. The van der Waals surface area contributed by atoms with E-state index in [0.29, 0.717) is 37.9 Å². The molecule has 0 spiro atoms. The van der Waals surface area contributed by atoms with Crippen LogP contribution in [0.4, 0.5) is 5.69 Å². The molecule has 33 heavy (non-hydrogen) atoms. The molecule has 4 aromatic rings. The zero-order valence-electron chi connectivity index (χ0n) is 17.2. The lowest BCUT2D eigenvalue weighted by Gasteiger charge is -2.23. The van der Waals surface area contributed by atoms with Crippen LogP contribution >= 0.6 is 23.4 Å². The average molecular weight is 470 g/mol. The maximum absolute atomic E-state index is 13.5. The number of nitrogens with one attached hydrogen (secondary N) is 1. The quantitative estimate of drug-likeness (QED) is 0.325. The van der Waals surface area contributed by atoms with Gasteiger partial charge in [-0.25, -0.2) is 0 Å². The Morgan fingerprint density at radius 2 is 1.39 bits per heavy atom. The zero-order chi connectivity index (χ0) is 22.9. The topological polar surface area (TPSA) is 63.2 Å². The number of hydrogen-bond donors (Lipinski definition) is 1. The van der Waals surface area contributed by atoms with Crippen LogP contribution in [0.3, 0.4) is 0 Å². The van der Waals surface area contributed by atoms with Gasteiger partial charge in [0, 0.05) is 37.1 Å². The minimum absolute atomic E-state index is 0.204. The maximum Gasteiger partial charge on any atom is 0.255 e. The van der Waals surface area contributed by atoms with Crippen molar-refractivity contribution in [1.29, 1.82) is 0 Å². The zero-order valence-corrected chi connectivity index (χ0v) is 18.7. The lowest BCUT2D eigenvalue weighted by Crippen LogP contribution is -2.24. The molecule has 0 bridgehead atoms. The molecular formula is C27H16ClNO3S.